The Morgan fingerprint density at radius 2 is 1.92 bits per heavy atom. The third kappa shape index (κ3) is 4.43. The van der Waals surface area contributed by atoms with Crippen molar-refractivity contribution >= 4 is 40.4 Å². The maximum atomic E-state index is 12.8. The van der Waals surface area contributed by atoms with E-state index in [9.17, 15) is 4.79 Å². The summed E-state index contributed by atoms with van der Waals surface area (Å²) in [6.45, 7) is 6.34. The van der Waals surface area contributed by atoms with Gasteiger partial charge in [0.2, 0.25) is 0 Å². The minimum Gasteiger partial charge on any atom is -0.359 e. The van der Waals surface area contributed by atoms with Crippen LogP contribution in [-0.2, 0) is 0 Å². The number of rotatable bonds is 5. The van der Waals surface area contributed by atoms with Crippen LogP contribution in [0.5, 0.6) is 0 Å². The third-order valence-corrected chi connectivity index (χ3v) is 4.10. The van der Waals surface area contributed by atoms with Gasteiger partial charge in [0, 0.05) is 29.7 Å². The van der Waals surface area contributed by atoms with Gasteiger partial charge in [0.1, 0.15) is 0 Å². The van der Waals surface area contributed by atoms with Crippen molar-refractivity contribution in [3.05, 3.63) is 76.8 Å². The molecule has 0 unspecified atom stereocenters. The first kappa shape index (κ1) is 18.2. The number of carbonyl (C=O) groups excluding carboxylic acids is 1. The Kier molecular flexibility index (Phi) is 6.12. The van der Waals surface area contributed by atoms with E-state index >= 15 is 0 Å². The largest absolute Gasteiger partial charge is 0.359 e. The molecule has 0 aliphatic carbocycles. The predicted molar refractivity (Wildman–Crippen MR) is 105 cm³/mol. The zero-order valence-corrected chi connectivity index (χ0v) is 15.2. The van der Waals surface area contributed by atoms with Gasteiger partial charge in [0.05, 0.1) is 5.69 Å². The summed E-state index contributed by atoms with van der Waals surface area (Å²) < 4.78 is 0. The maximum Gasteiger partial charge on any atom is 0.195 e. The highest BCUT2D eigenvalue weighted by atomic mass is 35.5. The third-order valence-electron chi connectivity index (χ3n) is 3.45. The minimum absolute atomic E-state index is 0.0948. The van der Waals surface area contributed by atoms with E-state index in [1.54, 1.807) is 35.2 Å². The molecule has 0 aliphatic heterocycles. The van der Waals surface area contributed by atoms with Crippen LogP contribution in [0.15, 0.2) is 60.7 Å². The van der Waals surface area contributed by atoms with Gasteiger partial charge >= 0.3 is 0 Å². The highest BCUT2D eigenvalue weighted by Crippen LogP contribution is 2.26. The molecule has 0 bridgehead atoms. The van der Waals surface area contributed by atoms with Crippen LogP contribution in [0.25, 0.3) is 0 Å². The average molecular weight is 359 g/mol. The molecule has 0 spiro atoms. The molecule has 2 aromatic carbocycles. The van der Waals surface area contributed by atoms with E-state index in [0.717, 1.165) is 5.57 Å². The summed E-state index contributed by atoms with van der Waals surface area (Å²) in [5, 5.41) is 4.14. The standard InChI is InChI=1S/C19H19ClN2OS/c1-13(2)12-21-19(24)22(3)17-10-9-15(20)11-16(17)18(23)14-7-5-4-6-8-14/h4-11H,1,12H2,2-3H3,(H,21,24). The number of thiocarbonyl (C=S) groups is 1. The van der Waals surface area contributed by atoms with E-state index in [1.807, 2.05) is 32.2 Å². The fourth-order valence-electron chi connectivity index (χ4n) is 2.18. The fraction of sp³-hybridized carbons (Fsp3) is 0.158. The van der Waals surface area contributed by atoms with Crippen molar-refractivity contribution in [2.45, 2.75) is 6.92 Å². The van der Waals surface area contributed by atoms with Crippen molar-refractivity contribution in [2.24, 2.45) is 0 Å². The molecule has 0 atom stereocenters. The van der Waals surface area contributed by atoms with Gasteiger partial charge in [-0.15, -0.1) is 0 Å². The van der Waals surface area contributed by atoms with Crippen LogP contribution < -0.4 is 10.2 Å². The van der Waals surface area contributed by atoms with Crippen LogP contribution in [0, 0.1) is 0 Å². The van der Waals surface area contributed by atoms with Crippen LogP contribution in [0.2, 0.25) is 5.02 Å². The molecule has 1 N–H and O–H groups in total. The lowest BCUT2D eigenvalue weighted by Gasteiger charge is -2.23. The molecular formula is C19H19ClN2OS. The van der Waals surface area contributed by atoms with Crippen molar-refractivity contribution < 1.29 is 4.79 Å². The molecule has 0 heterocycles. The Labute approximate surface area is 152 Å². The van der Waals surface area contributed by atoms with E-state index < -0.39 is 0 Å². The van der Waals surface area contributed by atoms with Crippen LogP contribution in [-0.4, -0.2) is 24.5 Å². The molecule has 0 amide bonds. The molecule has 24 heavy (non-hydrogen) atoms. The van der Waals surface area contributed by atoms with E-state index in [1.165, 1.54) is 0 Å². The van der Waals surface area contributed by atoms with Gasteiger partial charge in [-0.25, -0.2) is 0 Å². The molecule has 0 aliphatic rings. The minimum atomic E-state index is -0.0948. The monoisotopic (exact) mass is 358 g/mol. The molecule has 2 aromatic rings. The number of halogens is 1. The molecule has 2 rings (SSSR count). The molecule has 0 aromatic heterocycles. The summed E-state index contributed by atoms with van der Waals surface area (Å²) in [4.78, 5) is 14.6. The first-order valence-electron chi connectivity index (χ1n) is 7.45. The SMILES string of the molecule is C=C(C)CNC(=S)N(C)c1ccc(Cl)cc1C(=O)c1ccccc1. The van der Waals surface area contributed by atoms with Gasteiger partial charge in [0.15, 0.2) is 10.9 Å². The zero-order chi connectivity index (χ0) is 17.7. The van der Waals surface area contributed by atoms with Gasteiger partial charge < -0.3 is 10.2 Å². The number of ketones is 1. The Hall–Kier alpha value is -2.17. The first-order valence-corrected chi connectivity index (χ1v) is 8.24. The lowest BCUT2D eigenvalue weighted by molar-refractivity contribution is 0.103. The van der Waals surface area contributed by atoms with Gasteiger partial charge in [-0.1, -0.05) is 54.1 Å². The Bertz CT molecular complexity index is 774. The maximum absolute atomic E-state index is 12.8. The quantitative estimate of drug-likeness (QED) is 0.486. The fourth-order valence-corrected chi connectivity index (χ4v) is 2.52. The summed E-state index contributed by atoms with van der Waals surface area (Å²) in [6.07, 6.45) is 0. The smallest absolute Gasteiger partial charge is 0.195 e. The molecular weight excluding hydrogens is 340 g/mol. The first-order chi connectivity index (χ1) is 11.4. The molecule has 0 saturated carbocycles. The number of hydrogen-bond donors (Lipinski definition) is 1. The second-order valence-corrected chi connectivity index (χ2v) is 6.35. The second-order valence-electron chi connectivity index (χ2n) is 5.53. The van der Waals surface area contributed by atoms with Crippen LogP contribution in [0.1, 0.15) is 22.8 Å². The Morgan fingerprint density at radius 3 is 2.54 bits per heavy atom. The summed E-state index contributed by atoms with van der Waals surface area (Å²) in [6, 6.07) is 14.3. The summed E-state index contributed by atoms with van der Waals surface area (Å²) >= 11 is 11.5. The van der Waals surface area contributed by atoms with Gasteiger partial charge in [-0.3, -0.25) is 4.79 Å². The lowest BCUT2D eigenvalue weighted by Crippen LogP contribution is -2.38. The van der Waals surface area contributed by atoms with Crippen molar-refractivity contribution in [3.63, 3.8) is 0 Å². The number of hydrogen-bond acceptors (Lipinski definition) is 2. The topological polar surface area (TPSA) is 32.3 Å². The normalized spacial score (nSPS) is 10.1. The Balaban J connectivity index is 2.35. The van der Waals surface area contributed by atoms with Crippen molar-refractivity contribution in [2.75, 3.05) is 18.5 Å². The lowest BCUT2D eigenvalue weighted by atomic mass is 10.0. The van der Waals surface area contributed by atoms with Gasteiger partial charge in [0.25, 0.3) is 0 Å². The van der Waals surface area contributed by atoms with Crippen molar-refractivity contribution in [1.29, 1.82) is 0 Å². The van der Waals surface area contributed by atoms with Crippen LogP contribution in [0.4, 0.5) is 5.69 Å². The van der Waals surface area contributed by atoms with Crippen LogP contribution >= 0.6 is 23.8 Å². The Morgan fingerprint density at radius 1 is 1.25 bits per heavy atom. The average Bonchev–Trinajstić information content (AvgIpc) is 2.59. The number of benzene rings is 2. The molecule has 3 nitrogen and oxygen atoms in total. The van der Waals surface area contributed by atoms with Gasteiger partial charge in [-0.2, -0.15) is 0 Å². The molecule has 0 radical (unpaired) electrons. The highest BCUT2D eigenvalue weighted by Gasteiger charge is 2.18. The van der Waals surface area contributed by atoms with Crippen molar-refractivity contribution in [3.8, 4) is 0 Å². The van der Waals surface area contributed by atoms with E-state index in [4.69, 9.17) is 23.8 Å². The number of carbonyl (C=O) groups is 1. The molecule has 0 fully saturated rings. The molecule has 124 valence electrons. The predicted octanol–water partition coefficient (Wildman–Crippen LogP) is 4.46. The van der Waals surface area contributed by atoms with E-state index in [2.05, 4.69) is 11.9 Å². The van der Waals surface area contributed by atoms with E-state index in [-0.39, 0.29) is 5.78 Å². The summed E-state index contributed by atoms with van der Waals surface area (Å²) in [7, 11) is 1.82. The highest BCUT2D eigenvalue weighted by molar-refractivity contribution is 7.80. The van der Waals surface area contributed by atoms with Crippen LogP contribution in [0.3, 0.4) is 0 Å². The number of nitrogens with one attached hydrogen (secondary N) is 1. The number of anilines is 1. The second kappa shape index (κ2) is 8.08. The van der Waals surface area contributed by atoms with Gasteiger partial charge in [-0.05, 0) is 37.3 Å². The van der Waals surface area contributed by atoms with E-state index in [0.29, 0.717) is 33.5 Å². The summed E-state index contributed by atoms with van der Waals surface area (Å²) in [5.74, 6) is -0.0948. The zero-order valence-electron chi connectivity index (χ0n) is 13.7. The van der Waals surface area contributed by atoms with Crippen molar-refractivity contribution in [1.82, 2.24) is 5.32 Å². The molecule has 5 heteroatoms. The number of nitrogens with zero attached hydrogens (tertiary/aromatic N) is 1. The summed E-state index contributed by atoms with van der Waals surface area (Å²) in [5.41, 5.74) is 2.79. The molecule has 0 saturated heterocycles.